The number of nitrogens with zero attached hydrogens (tertiary/aromatic N) is 2. The number of fused-ring (bicyclic) bond motifs is 4. The van der Waals surface area contributed by atoms with E-state index in [2.05, 4.69) is 17.2 Å². The summed E-state index contributed by atoms with van der Waals surface area (Å²) in [6, 6.07) is 1.73. The summed E-state index contributed by atoms with van der Waals surface area (Å²) in [6.45, 7) is 4.76. The molecule has 2 aliphatic heterocycles. The number of nitrogens with one attached hydrogen (secondary N) is 1. The molecule has 1 fully saturated rings. The van der Waals surface area contributed by atoms with Gasteiger partial charge in [0.05, 0.1) is 5.69 Å². The van der Waals surface area contributed by atoms with E-state index in [1.807, 2.05) is 13.0 Å². The summed E-state index contributed by atoms with van der Waals surface area (Å²) in [4.78, 5) is 33.1. The Kier molecular flexibility index (Phi) is 2.97. The second kappa shape index (κ2) is 4.78. The minimum absolute atomic E-state index is 0.0328. The molecule has 6 heteroatoms. The standard InChI is InChI=1S/C16H17N3O2S/c1-3-10-8(2)7-9-12-13(22-15(9)17-10)16(21)19-6-4-5-11(19)14(20)18-12/h7,11H,3-6H2,1-2H3,(H,18,20)/t11-/m0/s1. The van der Waals surface area contributed by atoms with E-state index in [0.29, 0.717) is 17.1 Å². The molecule has 1 N–H and O–H groups in total. The number of aryl methyl sites for hydroxylation is 2. The highest BCUT2D eigenvalue weighted by Gasteiger charge is 2.40. The number of aromatic nitrogens is 1. The van der Waals surface area contributed by atoms with Crippen molar-refractivity contribution in [2.75, 3.05) is 11.9 Å². The Morgan fingerprint density at radius 3 is 3.05 bits per heavy atom. The first kappa shape index (κ1) is 13.7. The van der Waals surface area contributed by atoms with Crippen LogP contribution >= 0.6 is 11.3 Å². The Labute approximate surface area is 132 Å². The van der Waals surface area contributed by atoms with Crippen LogP contribution in [0.4, 0.5) is 5.69 Å². The number of thiophene rings is 1. The minimum atomic E-state index is -0.314. The fourth-order valence-corrected chi connectivity index (χ4v) is 4.50. The van der Waals surface area contributed by atoms with E-state index in [0.717, 1.165) is 40.7 Å². The molecule has 0 bridgehead atoms. The summed E-state index contributed by atoms with van der Waals surface area (Å²) < 4.78 is 0. The smallest absolute Gasteiger partial charge is 0.266 e. The lowest BCUT2D eigenvalue weighted by molar-refractivity contribution is -0.119. The number of hydrogen-bond acceptors (Lipinski definition) is 4. The van der Waals surface area contributed by atoms with Crippen molar-refractivity contribution >= 4 is 39.1 Å². The molecule has 1 atom stereocenters. The number of anilines is 1. The summed E-state index contributed by atoms with van der Waals surface area (Å²) in [6.07, 6.45) is 2.50. The first-order valence-electron chi connectivity index (χ1n) is 7.65. The molecule has 4 heterocycles. The largest absolute Gasteiger partial charge is 0.326 e. The molecule has 2 aromatic heterocycles. The fourth-order valence-electron chi connectivity index (χ4n) is 3.41. The summed E-state index contributed by atoms with van der Waals surface area (Å²) >= 11 is 1.39. The second-order valence-electron chi connectivity index (χ2n) is 5.91. The summed E-state index contributed by atoms with van der Waals surface area (Å²) in [5.41, 5.74) is 2.80. The number of carbonyl (C=O) groups excluding carboxylic acids is 2. The van der Waals surface area contributed by atoms with Crippen molar-refractivity contribution in [1.82, 2.24) is 9.88 Å². The molecule has 2 aromatic rings. The third-order valence-corrected chi connectivity index (χ3v) is 5.66. The maximum absolute atomic E-state index is 12.8. The zero-order chi connectivity index (χ0) is 15.4. The number of rotatable bonds is 1. The quantitative estimate of drug-likeness (QED) is 0.880. The Morgan fingerprint density at radius 2 is 2.27 bits per heavy atom. The van der Waals surface area contributed by atoms with Gasteiger partial charge in [0.1, 0.15) is 15.7 Å². The molecule has 0 aromatic carbocycles. The van der Waals surface area contributed by atoms with Crippen molar-refractivity contribution in [3.05, 3.63) is 22.2 Å². The molecular formula is C16H17N3O2S. The van der Waals surface area contributed by atoms with Gasteiger partial charge < -0.3 is 10.2 Å². The van der Waals surface area contributed by atoms with Crippen LogP contribution in [0.3, 0.4) is 0 Å². The van der Waals surface area contributed by atoms with Gasteiger partial charge in [0, 0.05) is 17.6 Å². The summed E-state index contributed by atoms with van der Waals surface area (Å²) in [5, 5.41) is 3.87. The third-order valence-electron chi connectivity index (χ3n) is 4.57. The van der Waals surface area contributed by atoms with E-state index < -0.39 is 0 Å². The van der Waals surface area contributed by atoms with Gasteiger partial charge in [0.2, 0.25) is 5.91 Å². The van der Waals surface area contributed by atoms with Crippen LogP contribution in [0.2, 0.25) is 0 Å². The van der Waals surface area contributed by atoms with Gasteiger partial charge in [-0.3, -0.25) is 9.59 Å². The molecular weight excluding hydrogens is 298 g/mol. The molecule has 5 nitrogen and oxygen atoms in total. The Balaban J connectivity index is 1.94. The molecule has 2 aliphatic rings. The Morgan fingerprint density at radius 1 is 1.45 bits per heavy atom. The predicted molar refractivity (Wildman–Crippen MR) is 86.4 cm³/mol. The van der Waals surface area contributed by atoms with E-state index in [-0.39, 0.29) is 17.9 Å². The van der Waals surface area contributed by atoms with E-state index in [1.54, 1.807) is 4.90 Å². The van der Waals surface area contributed by atoms with Crippen molar-refractivity contribution in [3.63, 3.8) is 0 Å². The molecule has 0 spiro atoms. The normalized spacial score (nSPS) is 20.8. The first-order valence-corrected chi connectivity index (χ1v) is 8.46. The lowest BCUT2D eigenvalue weighted by Crippen LogP contribution is -2.40. The maximum Gasteiger partial charge on any atom is 0.266 e. The first-order chi connectivity index (χ1) is 10.6. The highest BCUT2D eigenvalue weighted by molar-refractivity contribution is 7.21. The molecule has 22 heavy (non-hydrogen) atoms. The highest BCUT2D eigenvalue weighted by Crippen LogP contribution is 2.40. The van der Waals surface area contributed by atoms with Crippen LogP contribution in [0.25, 0.3) is 10.2 Å². The van der Waals surface area contributed by atoms with Gasteiger partial charge in [0.25, 0.3) is 5.91 Å². The van der Waals surface area contributed by atoms with Crippen molar-refractivity contribution in [2.45, 2.75) is 39.2 Å². The van der Waals surface area contributed by atoms with Crippen LogP contribution in [0.15, 0.2) is 6.07 Å². The summed E-state index contributed by atoms with van der Waals surface area (Å²) in [5.74, 6) is -0.101. The van der Waals surface area contributed by atoms with Gasteiger partial charge in [0.15, 0.2) is 0 Å². The Bertz CT molecular complexity index is 811. The molecule has 0 radical (unpaired) electrons. The molecule has 0 unspecified atom stereocenters. The lowest BCUT2D eigenvalue weighted by Gasteiger charge is -2.19. The van der Waals surface area contributed by atoms with Crippen molar-refractivity contribution in [3.8, 4) is 0 Å². The monoisotopic (exact) mass is 315 g/mol. The van der Waals surface area contributed by atoms with E-state index in [4.69, 9.17) is 0 Å². The van der Waals surface area contributed by atoms with Gasteiger partial charge in [-0.25, -0.2) is 4.98 Å². The number of amides is 2. The van der Waals surface area contributed by atoms with E-state index >= 15 is 0 Å². The third kappa shape index (κ3) is 1.80. The average molecular weight is 315 g/mol. The van der Waals surface area contributed by atoms with Crippen molar-refractivity contribution in [1.29, 1.82) is 0 Å². The van der Waals surface area contributed by atoms with Gasteiger partial charge in [-0.05, 0) is 37.8 Å². The topological polar surface area (TPSA) is 62.3 Å². The lowest BCUT2D eigenvalue weighted by atomic mass is 10.1. The second-order valence-corrected chi connectivity index (χ2v) is 6.91. The van der Waals surface area contributed by atoms with Gasteiger partial charge >= 0.3 is 0 Å². The highest BCUT2D eigenvalue weighted by atomic mass is 32.1. The average Bonchev–Trinajstić information content (AvgIpc) is 3.09. The van der Waals surface area contributed by atoms with Gasteiger partial charge in [-0.1, -0.05) is 6.92 Å². The maximum atomic E-state index is 12.8. The molecule has 1 saturated heterocycles. The molecule has 0 aliphatic carbocycles. The van der Waals surface area contributed by atoms with Crippen molar-refractivity contribution in [2.24, 2.45) is 0 Å². The van der Waals surface area contributed by atoms with Gasteiger partial charge in [-0.15, -0.1) is 11.3 Å². The molecule has 0 saturated carbocycles. The number of pyridine rings is 1. The number of hydrogen-bond donors (Lipinski definition) is 1. The fraction of sp³-hybridized carbons (Fsp3) is 0.438. The zero-order valence-corrected chi connectivity index (χ0v) is 13.4. The van der Waals surface area contributed by atoms with Crippen LogP contribution in [-0.2, 0) is 11.2 Å². The van der Waals surface area contributed by atoms with Crippen LogP contribution in [0.1, 0.15) is 40.7 Å². The number of carbonyl (C=O) groups is 2. The van der Waals surface area contributed by atoms with Crippen molar-refractivity contribution < 1.29 is 9.59 Å². The predicted octanol–water partition coefficient (Wildman–Crippen LogP) is 2.72. The van der Waals surface area contributed by atoms with E-state index in [1.165, 1.54) is 11.3 Å². The SMILES string of the molecule is CCc1nc2sc3c(c2cc1C)NC(=O)[C@@H]1CCCN1C3=O. The minimum Gasteiger partial charge on any atom is -0.326 e. The van der Waals surface area contributed by atoms with Crippen LogP contribution < -0.4 is 5.32 Å². The Hall–Kier alpha value is -1.95. The van der Waals surface area contributed by atoms with Crippen LogP contribution in [0, 0.1) is 6.92 Å². The molecule has 4 rings (SSSR count). The zero-order valence-electron chi connectivity index (χ0n) is 12.6. The van der Waals surface area contributed by atoms with Gasteiger partial charge in [-0.2, -0.15) is 0 Å². The molecule has 2 amide bonds. The molecule has 114 valence electrons. The van der Waals surface area contributed by atoms with Crippen LogP contribution in [-0.4, -0.2) is 34.3 Å². The summed E-state index contributed by atoms with van der Waals surface area (Å²) in [7, 11) is 0. The van der Waals surface area contributed by atoms with Crippen LogP contribution in [0.5, 0.6) is 0 Å². The van der Waals surface area contributed by atoms with E-state index in [9.17, 15) is 9.59 Å².